The van der Waals surface area contributed by atoms with E-state index in [1.54, 1.807) is 26.1 Å². The van der Waals surface area contributed by atoms with Crippen molar-refractivity contribution in [1.82, 2.24) is 15.2 Å². The fourth-order valence-corrected chi connectivity index (χ4v) is 2.20. The fraction of sp³-hybridized carbons (Fsp3) is 0.333. The van der Waals surface area contributed by atoms with Gasteiger partial charge in [-0.2, -0.15) is 0 Å². The summed E-state index contributed by atoms with van der Waals surface area (Å²) in [6.07, 6.45) is 4.06. The maximum atomic E-state index is 11.6. The molecular formula is C18H24N4O2. The highest BCUT2D eigenvalue weighted by Crippen LogP contribution is 2.06. The highest BCUT2D eigenvalue weighted by molar-refractivity contribution is 5.89. The fourth-order valence-electron chi connectivity index (χ4n) is 2.20. The highest BCUT2D eigenvalue weighted by atomic mass is 16.5. The molecule has 0 spiro atoms. The number of esters is 1. The summed E-state index contributed by atoms with van der Waals surface area (Å²) in [7, 11) is 1.74. The van der Waals surface area contributed by atoms with Crippen LogP contribution in [0.1, 0.15) is 22.8 Å². The lowest BCUT2D eigenvalue weighted by Gasteiger charge is -2.12. The van der Waals surface area contributed by atoms with E-state index >= 15 is 0 Å². The molecule has 2 rings (SSSR count). The van der Waals surface area contributed by atoms with E-state index in [0.29, 0.717) is 18.7 Å². The molecule has 2 aromatic rings. The number of hydrogen-bond donors (Lipinski definition) is 2. The SMILES string of the molecule is CCOC(=O)c1ccc(CNC(=NC)NCCn2cccc2)cc1. The first-order valence-corrected chi connectivity index (χ1v) is 8.04. The molecule has 1 aromatic heterocycles. The van der Waals surface area contributed by atoms with Crippen LogP contribution < -0.4 is 10.6 Å². The Morgan fingerprint density at radius 1 is 1.17 bits per heavy atom. The van der Waals surface area contributed by atoms with Gasteiger partial charge in [0.2, 0.25) is 0 Å². The summed E-state index contributed by atoms with van der Waals surface area (Å²) < 4.78 is 7.08. The molecule has 0 amide bonds. The number of guanidine groups is 1. The van der Waals surface area contributed by atoms with Crippen LogP contribution in [0.4, 0.5) is 0 Å². The van der Waals surface area contributed by atoms with E-state index in [4.69, 9.17) is 4.74 Å². The molecular weight excluding hydrogens is 304 g/mol. The van der Waals surface area contributed by atoms with Gasteiger partial charge in [0.15, 0.2) is 5.96 Å². The summed E-state index contributed by atoms with van der Waals surface area (Å²) in [4.78, 5) is 15.8. The number of nitrogens with zero attached hydrogens (tertiary/aromatic N) is 2. The van der Waals surface area contributed by atoms with Gasteiger partial charge in [-0.05, 0) is 36.8 Å². The molecule has 1 aromatic carbocycles. The normalized spacial score (nSPS) is 11.2. The Hall–Kier alpha value is -2.76. The molecule has 0 bridgehead atoms. The van der Waals surface area contributed by atoms with E-state index in [2.05, 4.69) is 20.2 Å². The molecule has 6 nitrogen and oxygen atoms in total. The number of hydrogen-bond acceptors (Lipinski definition) is 3. The number of ether oxygens (including phenoxy) is 1. The lowest BCUT2D eigenvalue weighted by atomic mass is 10.1. The van der Waals surface area contributed by atoms with Crippen LogP contribution in [0.3, 0.4) is 0 Å². The first-order chi connectivity index (χ1) is 11.7. The Morgan fingerprint density at radius 2 is 1.88 bits per heavy atom. The molecule has 0 atom stereocenters. The van der Waals surface area contributed by atoms with Gasteiger partial charge in [0.1, 0.15) is 0 Å². The monoisotopic (exact) mass is 328 g/mol. The quantitative estimate of drug-likeness (QED) is 0.464. The molecule has 0 aliphatic rings. The van der Waals surface area contributed by atoms with Crippen molar-refractivity contribution in [2.24, 2.45) is 4.99 Å². The second kappa shape index (κ2) is 9.39. The second-order valence-corrected chi connectivity index (χ2v) is 5.19. The van der Waals surface area contributed by atoms with Crippen molar-refractivity contribution in [2.45, 2.75) is 20.0 Å². The van der Waals surface area contributed by atoms with Gasteiger partial charge in [0.05, 0.1) is 12.2 Å². The van der Waals surface area contributed by atoms with E-state index < -0.39 is 0 Å². The van der Waals surface area contributed by atoms with E-state index in [9.17, 15) is 4.79 Å². The molecule has 6 heteroatoms. The van der Waals surface area contributed by atoms with Crippen LogP contribution in [0.2, 0.25) is 0 Å². The molecule has 0 saturated heterocycles. The highest BCUT2D eigenvalue weighted by Gasteiger charge is 2.05. The average Bonchev–Trinajstić information content (AvgIpc) is 3.12. The third-order valence-corrected chi connectivity index (χ3v) is 3.48. The average molecular weight is 328 g/mol. The van der Waals surface area contributed by atoms with E-state index in [0.717, 1.165) is 24.6 Å². The van der Waals surface area contributed by atoms with Crippen LogP contribution in [-0.4, -0.2) is 36.7 Å². The largest absolute Gasteiger partial charge is 0.462 e. The number of nitrogens with one attached hydrogen (secondary N) is 2. The number of rotatable bonds is 7. The van der Waals surface area contributed by atoms with Crippen molar-refractivity contribution in [3.8, 4) is 0 Å². The van der Waals surface area contributed by atoms with Crippen molar-refractivity contribution >= 4 is 11.9 Å². The van der Waals surface area contributed by atoms with Crippen LogP contribution in [0.25, 0.3) is 0 Å². The van der Waals surface area contributed by atoms with Crippen molar-refractivity contribution in [3.05, 3.63) is 59.9 Å². The number of benzene rings is 1. The van der Waals surface area contributed by atoms with Crippen molar-refractivity contribution in [2.75, 3.05) is 20.2 Å². The number of carbonyl (C=O) groups is 1. The van der Waals surface area contributed by atoms with Gasteiger partial charge in [-0.1, -0.05) is 12.1 Å². The molecule has 2 N–H and O–H groups in total. The van der Waals surface area contributed by atoms with Crippen molar-refractivity contribution < 1.29 is 9.53 Å². The molecule has 1 heterocycles. The molecule has 0 unspecified atom stereocenters. The molecule has 0 radical (unpaired) electrons. The van der Waals surface area contributed by atoms with E-state index in [-0.39, 0.29) is 5.97 Å². The van der Waals surface area contributed by atoms with E-state index in [1.165, 1.54) is 0 Å². The van der Waals surface area contributed by atoms with Crippen molar-refractivity contribution in [3.63, 3.8) is 0 Å². The number of aliphatic imine (C=N–C) groups is 1. The first kappa shape index (κ1) is 17.6. The Kier molecular flexibility index (Phi) is 6.89. The Balaban J connectivity index is 1.77. The lowest BCUT2D eigenvalue weighted by Crippen LogP contribution is -2.38. The molecule has 0 aliphatic heterocycles. The van der Waals surface area contributed by atoms with Gasteiger partial charge >= 0.3 is 5.97 Å². The van der Waals surface area contributed by atoms with Gasteiger partial charge in [0.25, 0.3) is 0 Å². The van der Waals surface area contributed by atoms with Crippen molar-refractivity contribution in [1.29, 1.82) is 0 Å². The summed E-state index contributed by atoms with van der Waals surface area (Å²) in [6, 6.07) is 11.4. The van der Waals surface area contributed by atoms with Gasteiger partial charge in [-0.25, -0.2) is 4.79 Å². The Labute approximate surface area is 142 Å². The summed E-state index contributed by atoms with van der Waals surface area (Å²) in [5.74, 6) is 0.455. The van der Waals surface area contributed by atoms with Crippen LogP contribution in [0.5, 0.6) is 0 Å². The molecule has 0 aliphatic carbocycles. The molecule has 0 fully saturated rings. The minimum atomic E-state index is -0.292. The van der Waals surface area contributed by atoms with Crippen LogP contribution >= 0.6 is 0 Å². The lowest BCUT2D eigenvalue weighted by molar-refractivity contribution is 0.0526. The summed E-state index contributed by atoms with van der Waals surface area (Å²) in [5.41, 5.74) is 1.63. The third kappa shape index (κ3) is 5.46. The summed E-state index contributed by atoms with van der Waals surface area (Å²) >= 11 is 0. The number of carbonyl (C=O) groups excluding carboxylic acids is 1. The zero-order valence-corrected chi connectivity index (χ0v) is 14.2. The van der Waals surface area contributed by atoms with Gasteiger partial charge in [0, 0.05) is 39.1 Å². The second-order valence-electron chi connectivity index (χ2n) is 5.19. The van der Waals surface area contributed by atoms with Crippen LogP contribution in [0, 0.1) is 0 Å². The minimum absolute atomic E-state index is 0.292. The first-order valence-electron chi connectivity index (χ1n) is 8.04. The van der Waals surface area contributed by atoms with E-state index in [1.807, 2.05) is 36.7 Å². The zero-order valence-electron chi connectivity index (χ0n) is 14.2. The Morgan fingerprint density at radius 3 is 2.50 bits per heavy atom. The van der Waals surface area contributed by atoms with Gasteiger partial charge in [-0.15, -0.1) is 0 Å². The molecule has 0 saturated carbocycles. The standard InChI is InChI=1S/C18H24N4O2/c1-3-24-17(23)16-8-6-15(7-9-16)14-21-18(19-2)20-10-13-22-11-4-5-12-22/h4-9,11-12H,3,10,13-14H2,1-2H3,(H2,19,20,21). The smallest absolute Gasteiger partial charge is 0.338 e. The maximum Gasteiger partial charge on any atom is 0.338 e. The predicted molar refractivity (Wildman–Crippen MR) is 95.0 cm³/mol. The summed E-state index contributed by atoms with van der Waals surface area (Å²) in [6.45, 7) is 4.47. The van der Waals surface area contributed by atoms with Gasteiger partial charge in [-0.3, -0.25) is 4.99 Å². The number of aromatic nitrogens is 1. The van der Waals surface area contributed by atoms with Crippen LogP contribution in [0.15, 0.2) is 53.8 Å². The van der Waals surface area contributed by atoms with Crippen LogP contribution in [-0.2, 0) is 17.8 Å². The minimum Gasteiger partial charge on any atom is -0.462 e. The molecule has 128 valence electrons. The predicted octanol–water partition coefficient (Wildman–Crippen LogP) is 2.03. The van der Waals surface area contributed by atoms with Gasteiger partial charge < -0.3 is 19.9 Å². The Bertz CT molecular complexity index is 648. The zero-order chi connectivity index (χ0) is 17.2. The maximum absolute atomic E-state index is 11.6. The molecule has 24 heavy (non-hydrogen) atoms. The topological polar surface area (TPSA) is 67.7 Å². The summed E-state index contributed by atoms with van der Waals surface area (Å²) in [5, 5.41) is 6.52. The third-order valence-electron chi connectivity index (χ3n) is 3.48.